The summed E-state index contributed by atoms with van der Waals surface area (Å²) in [7, 11) is 0. The molecule has 2 aromatic rings. The Bertz CT molecular complexity index is 613. The topological polar surface area (TPSA) is 67.8 Å². The van der Waals surface area contributed by atoms with Gasteiger partial charge in [0, 0.05) is 12.1 Å². The lowest BCUT2D eigenvalue weighted by Crippen LogP contribution is -2.26. The van der Waals surface area contributed by atoms with Gasteiger partial charge in [-0.3, -0.25) is 4.79 Å². The second kappa shape index (κ2) is 8.75. The Kier molecular flexibility index (Phi) is 6.38. The summed E-state index contributed by atoms with van der Waals surface area (Å²) in [6, 6.07) is 12.4. The fourth-order valence-electron chi connectivity index (χ4n) is 1.82. The van der Waals surface area contributed by atoms with E-state index in [1.807, 2.05) is 0 Å². The summed E-state index contributed by atoms with van der Waals surface area (Å²) in [5.41, 5.74) is 0.494. The molecular weight excluding hydrogens is 301 g/mol. The number of amides is 1. The summed E-state index contributed by atoms with van der Waals surface area (Å²) in [4.78, 5) is 11.6. The van der Waals surface area contributed by atoms with Crippen molar-refractivity contribution in [2.45, 2.75) is 0 Å². The number of aliphatic hydroxyl groups excluding tert-OH is 1. The van der Waals surface area contributed by atoms with Crippen LogP contribution in [0, 0.1) is 5.82 Å². The highest BCUT2D eigenvalue weighted by Crippen LogP contribution is 2.13. The van der Waals surface area contributed by atoms with Crippen LogP contribution in [0.2, 0.25) is 0 Å². The van der Waals surface area contributed by atoms with Crippen molar-refractivity contribution in [1.82, 2.24) is 5.32 Å². The van der Waals surface area contributed by atoms with Gasteiger partial charge in [0.15, 0.2) is 0 Å². The van der Waals surface area contributed by atoms with E-state index in [-0.39, 0.29) is 24.9 Å². The third-order valence-corrected chi connectivity index (χ3v) is 2.95. The third kappa shape index (κ3) is 5.60. The van der Waals surface area contributed by atoms with Crippen molar-refractivity contribution >= 4 is 5.91 Å². The van der Waals surface area contributed by atoms with Crippen molar-refractivity contribution in [1.29, 1.82) is 0 Å². The van der Waals surface area contributed by atoms with Gasteiger partial charge in [-0.25, -0.2) is 4.39 Å². The molecular formula is C17H18FNO4. The average molecular weight is 319 g/mol. The summed E-state index contributed by atoms with van der Waals surface area (Å²) in [6.45, 7) is 0.774. The number of rotatable bonds is 8. The molecule has 2 aromatic carbocycles. The predicted octanol–water partition coefficient (Wildman–Crippen LogP) is 2.01. The number of halogens is 1. The van der Waals surface area contributed by atoms with E-state index in [1.165, 1.54) is 12.1 Å². The van der Waals surface area contributed by atoms with Crippen molar-refractivity contribution in [3.05, 3.63) is 59.9 Å². The van der Waals surface area contributed by atoms with E-state index in [1.54, 1.807) is 36.4 Å². The van der Waals surface area contributed by atoms with Gasteiger partial charge in [-0.05, 0) is 48.5 Å². The van der Waals surface area contributed by atoms with Crippen LogP contribution in [0.1, 0.15) is 10.4 Å². The van der Waals surface area contributed by atoms with Gasteiger partial charge in [0.05, 0.1) is 6.61 Å². The molecule has 23 heavy (non-hydrogen) atoms. The van der Waals surface area contributed by atoms with Crippen LogP contribution in [0.5, 0.6) is 11.5 Å². The Morgan fingerprint density at radius 2 is 1.48 bits per heavy atom. The minimum absolute atomic E-state index is 0.0962. The third-order valence-electron chi connectivity index (χ3n) is 2.95. The van der Waals surface area contributed by atoms with Gasteiger partial charge in [0.2, 0.25) is 0 Å². The van der Waals surface area contributed by atoms with Gasteiger partial charge in [-0.2, -0.15) is 0 Å². The molecule has 0 bridgehead atoms. The van der Waals surface area contributed by atoms with E-state index in [0.717, 1.165) is 0 Å². The van der Waals surface area contributed by atoms with E-state index >= 15 is 0 Å². The SMILES string of the molecule is O=C(NCCO)c1ccc(OCCOc2ccc(F)cc2)cc1. The van der Waals surface area contributed by atoms with Gasteiger partial charge in [0.25, 0.3) is 5.91 Å². The van der Waals surface area contributed by atoms with Crippen LogP contribution in [-0.4, -0.2) is 37.4 Å². The van der Waals surface area contributed by atoms with Gasteiger partial charge in [-0.1, -0.05) is 0 Å². The van der Waals surface area contributed by atoms with Crippen LogP contribution < -0.4 is 14.8 Å². The number of hydrogen-bond acceptors (Lipinski definition) is 4. The number of carbonyl (C=O) groups excluding carboxylic acids is 1. The lowest BCUT2D eigenvalue weighted by atomic mass is 10.2. The first-order valence-corrected chi connectivity index (χ1v) is 7.19. The average Bonchev–Trinajstić information content (AvgIpc) is 2.58. The van der Waals surface area contributed by atoms with Crippen LogP contribution in [-0.2, 0) is 0 Å². The molecule has 0 aromatic heterocycles. The Morgan fingerprint density at radius 1 is 0.957 bits per heavy atom. The summed E-state index contributed by atoms with van der Waals surface area (Å²) < 4.78 is 23.6. The molecule has 1 amide bonds. The number of nitrogens with one attached hydrogen (secondary N) is 1. The largest absolute Gasteiger partial charge is 0.490 e. The standard InChI is InChI=1S/C17H18FNO4/c18-14-3-7-16(8-4-14)23-12-11-22-15-5-1-13(2-6-15)17(21)19-9-10-20/h1-8,20H,9-12H2,(H,19,21). The highest BCUT2D eigenvalue weighted by Gasteiger charge is 2.04. The van der Waals surface area contributed by atoms with Gasteiger partial charge >= 0.3 is 0 Å². The molecule has 122 valence electrons. The van der Waals surface area contributed by atoms with Gasteiger partial charge in [0.1, 0.15) is 30.5 Å². The summed E-state index contributed by atoms with van der Waals surface area (Å²) in [5.74, 6) is 0.638. The maximum atomic E-state index is 12.7. The number of carbonyl (C=O) groups is 1. The van der Waals surface area contributed by atoms with Crippen molar-refractivity contribution in [3.8, 4) is 11.5 Å². The molecule has 0 radical (unpaired) electrons. The molecule has 6 heteroatoms. The number of benzene rings is 2. The summed E-state index contributed by atoms with van der Waals surface area (Å²) >= 11 is 0. The molecule has 0 aliphatic rings. The molecule has 0 saturated carbocycles. The zero-order valence-corrected chi connectivity index (χ0v) is 12.5. The molecule has 0 fully saturated rings. The second-order valence-electron chi connectivity index (χ2n) is 4.65. The smallest absolute Gasteiger partial charge is 0.251 e. The Balaban J connectivity index is 1.73. The van der Waals surface area contributed by atoms with E-state index < -0.39 is 0 Å². The van der Waals surface area contributed by atoms with Crippen molar-refractivity contribution in [2.24, 2.45) is 0 Å². The van der Waals surface area contributed by atoms with Crippen LogP contribution in [0.25, 0.3) is 0 Å². The lowest BCUT2D eigenvalue weighted by Gasteiger charge is -2.09. The fraction of sp³-hybridized carbons (Fsp3) is 0.235. The fourth-order valence-corrected chi connectivity index (χ4v) is 1.82. The number of ether oxygens (including phenoxy) is 2. The first-order chi connectivity index (χ1) is 11.2. The maximum absolute atomic E-state index is 12.7. The molecule has 5 nitrogen and oxygen atoms in total. The monoisotopic (exact) mass is 319 g/mol. The highest BCUT2D eigenvalue weighted by molar-refractivity contribution is 5.94. The highest BCUT2D eigenvalue weighted by atomic mass is 19.1. The molecule has 2 N–H and O–H groups in total. The van der Waals surface area contributed by atoms with Gasteiger partial charge in [-0.15, -0.1) is 0 Å². The molecule has 0 saturated heterocycles. The molecule has 0 atom stereocenters. The first kappa shape index (κ1) is 16.8. The molecule has 0 aliphatic heterocycles. The van der Waals surface area contributed by atoms with Crippen LogP contribution in [0.3, 0.4) is 0 Å². The molecule has 0 heterocycles. The second-order valence-corrected chi connectivity index (χ2v) is 4.65. The maximum Gasteiger partial charge on any atom is 0.251 e. The first-order valence-electron chi connectivity index (χ1n) is 7.19. The van der Waals surface area contributed by atoms with Crippen molar-refractivity contribution < 1.29 is 23.8 Å². The summed E-state index contributed by atoms with van der Waals surface area (Å²) in [5, 5.41) is 11.2. The van der Waals surface area contributed by atoms with Crippen molar-refractivity contribution in [3.63, 3.8) is 0 Å². The minimum atomic E-state index is -0.309. The zero-order chi connectivity index (χ0) is 16.5. The molecule has 0 aliphatic carbocycles. The molecule has 2 rings (SSSR count). The number of hydrogen-bond donors (Lipinski definition) is 2. The lowest BCUT2D eigenvalue weighted by molar-refractivity contribution is 0.0944. The summed E-state index contributed by atoms with van der Waals surface area (Å²) in [6.07, 6.45) is 0. The van der Waals surface area contributed by atoms with E-state index in [2.05, 4.69) is 5.32 Å². The van der Waals surface area contributed by atoms with Crippen molar-refractivity contribution in [2.75, 3.05) is 26.4 Å². The zero-order valence-electron chi connectivity index (χ0n) is 12.5. The van der Waals surface area contributed by atoms with E-state index in [9.17, 15) is 9.18 Å². The number of aliphatic hydroxyl groups is 1. The Labute approximate surface area is 133 Å². The Morgan fingerprint density at radius 3 is 2.00 bits per heavy atom. The molecule has 0 unspecified atom stereocenters. The van der Waals surface area contributed by atoms with E-state index in [0.29, 0.717) is 30.3 Å². The Hall–Kier alpha value is -2.60. The minimum Gasteiger partial charge on any atom is -0.490 e. The normalized spacial score (nSPS) is 10.2. The van der Waals surface area contributed by atoms with Crippen LogP contribution >= 0.6 is 0 Å². The molecule has 0 spiro atoms. The van der Waals surface area contributed by atoms with Crippen LogP contribution in [0.15, 0.2) is 48.5 Å². The van der Waals surface area contributed by atoms with Crippen LogP contribution in [0.4, 0.5) is 4.39 Å². The predicted molar refractivity (Wildman–Crippen MR) is 83.3 cm³/mol. The van der Waals surface area contributed by atoms with Gasteiger partial charge < -0.3 is 19.9 Å². The van der Waals surface area contributed by atoms with E-state index in [4.69, 9.17) is 14.6 Å². The quantitative estimate of drug-likeness (QED) is 0.730.